The van der Waals surface area contributed by atoms with E-state index in [1.807, 2.05) is 42.6 Å². The van der Waals surface area contributed by atoms with Crippen molar-refractivity contribution in [2.75, 3.05) is 10.2 Å². The van der Waals surface area contributed by atoms with Gasteiger partial charge in [0.2, 0.25) is 17.7 Å². The lowest BCUT2D eigenvalue weighted by atomic mass is 9.76. The minimum atomic E-state index is -1.41. The van der Waals surface area contributed by atoms with Crippen LogP contribution < -0.4 is 15.5 Å². The van der Waals surface area contributed by atoms with Gasteiger partial charge in [0.15, 0.2) is 0 Å². The first kappa shape index (κ1) is 22.2. The zero-order chi connectivity index (χ0) is 25.5. The molecule has 0 radical (unpaired) electrons. The predicted molar refractivity (Wildman–Crippen MR) is 137 cm³/mol. The Labute approximate surface area is 215 Å². The van der Waals surface area contributed by atoms with E-state index in [0.29, 0.717) is 17.7 Å². The summed E-state index contributed by atoms with van der Waals surface area (Å²) in [5, 5.41) is 7.17. The molecule has 7 rings (SSSR count). The van der Waals surface area contributed by atoms with Gasteiger partial charge in [0.25, 0.3) is 0 Å². The van der Waals surface area contributed by atoms with Crippen LogP contribution in [0.5, 0.6) is 0 Å². The Hall–Kier alpha value is -4.01. The molecule has 4 aromatic rings. The highest BCUT2D eigenvalue weighted by Crippen LogP contribution is 2.54. The average Bonchev–Trinajstić information content (AvgIpc) is 3.60. The van der Waals surface area contributed by atoms with Crippen molar-refractivity contribution in [3.05, 3.63) is 94.9 Å². The van der Waals surface area contributed by atoms with Crippen LogP contribution in [0.25, 0.3) is 10.9 Å². The van der Waals surface area contributed by atoms with Crippen molar-refractivity contribution in [3.63, 3.8) is 0 Å². The van der Waals surface area contributed by atoms with E-state index in [0.717, 1.165) is 27.4 Å². The van der Waals surface area contributed by atoms with Gasteiger partial charge < -0.3 is 10.3 Å². The van der Waals surface area contributed by atoms with Gasteiger partial charge in [-0.2, -0.15) is 0 Å². The molecule has 3 aliphatic heterocycles. The van der Waals surface area contributed by atoms with Crippen LogP contribution >= 0.6 is 11.6 Å². The number of carbonyl (C=O) groups excluding carboxylic acids is 3. The molecule has 3 amide bonds. The van der Waals surface area contributed by atoms with Crippen LogP contribution in [0.3, 0.4) is 0 Å². The number of nitrogens with one attached hydrogen (secondary N) is 3. The SMILES string of the molecule is O=C1[C@@H]2[C@H](Cc3c[nH]c4ccccc34)N[C@]3(C(=O)Nc4ccccc43)[C@H]2C(=O)N1c1ccc(F)c(Cl)c1. The summed E-state index contributed by atoms with van der Waals surface area (Å²) in [6, 6.07) is 18.3. The first-order valence-electron chi connectivity index (χ1n) is 12.0. The van der Waals surface area contributed by atoms with Gasteiger partial charge in [-0.3, -0.25) is 19.7 Å². The summed E-state index contributed by atoms with van der Waals surface area (Å²) in [5.74, 6) is -3.78. The van der Waals surface area contributed by atoms with Crippen LogP contribution in [0.1, 0.15) is 11.1 Å². The Morgan fingerprint density at radius 2 is 1.76 bits per heavy atom. The molecule has 2 saturated heterocycles. The summed E-state index contributed by atoms with van der Waals surface area (Å²) < 4.78 is 13.9. The van der Waals surface area contributed by atoms with E-state index in [9.17, 15) is 18.8 Å². The average molecular weight is 515 g/mol. The number of halogens is 2. The van der Waals surface area contributed by atoms with Crippen molar-refractivity contribution in [2.24, 2.45) is 11.8 Å². The van der Waals surface area contributed by atoms with Crippen molar-refractivity contribution in [1.82, 2.24) is 10.3 Å². The number of benzene rings is 3. The Bertz CT molecular complexity index is 1650. The van der Waals surface area contributed by atoms with E-state index in [2.05, 4.69) is 15.6 Å². The van der Waals surface area contributed by atoms with Crippen molar-refractivity contribution in [2.45, 2.75) is 18.0 Å². The smallest absolute Gasteiger partial charge is 0.250 e. The number of fused-ring (bicyclic) bond motifs is 5. The Morgan fingerprint density at radius 1 is 0.973 bits per heavy atom. The van der Waals surface area contributed by atoms with Crippen molar-refractivity contribution in [3.8, 4) is 0 Å². The molecule has 7 nitrogen and oxygen atoms in total. The monoisotopic (exact) mass is 514 g/mol. The van der Waals surface area contributed by atoms with Crippen LogP contribution in [0, 0.1) is 17.7 Å². The van der Waals surface area contributed by atoms with E-state index in [4.69, 9.17) is 11.6 Å². The molecule has 4 atom stereocenters. The molecule has 184 valence electrons. The van der Waals surface area contributed by atoms with Crippen molar-refractivity contribution >= 4 is 51.6 Å². The van der Waals surface area contributed by atoms with Crippen LogP contribution in [-0.4, -0.2) is 28.7 Å². The van der Waals surface area contributed by atoms with Gasteiger partial charge >= 0.3 is 0 Å². The van der Waals surface area contributed by atoms with Gasteiger partial charge in [-0.25, -0.2) is 9.29 Å². The number of aromatic nitrogens is 1. The normalized spacial score (nSPS) is 26.3. The van der Waals surface area contributed by atoms with E-state index in [1.165, 1.54) is 12.1 Å². The second-order valence-electron chi connectivity index (χ2n) is 9.74. The standard InChI is InChI=1S/C28H20ClFN4O3/c29-18-12-15(9-10-19(18)30)34-25(35)23-22(11-14-13-31-20-7-3-1-5-16(14)20)33-28(24(23)26(34)36)17-6-2-4-8-21(17)32-27(28)37/h1-10,12-13,22-24,31,33H,11H2,(H,32,37)/t22-,23+,24+,28-/m0/s1. The zero-order valence-corrected chi connectivity index (χ0v) is 20.1. The lowest BCUT2D eigenvalue weighted by Gasteiger charge is -2.29. The molecule has 0 saturated carbocycles. The van der Waals surface area contributed by atoms with Gasteiger partial charge in [0, 0.05) is 34.4 Å². The number of rotatable bonds is 3. The molecular weight excluding hydrogens is 495 g/mol. The highest BCUT2D eigenvalue weighted by atomic mass is 35.5. The highest BCUT2D eigenvalue weighted by Gasteiger charge is 2.70. The second kappa shape index (κ2) is 7.74. The maximum Gasteiger partial charge on any atom is 0.250 e. The van der Waals surface area contributed by atoms with E-state index in [1.54, 1.807) is 12.1 Å². The summed E-state index contributed by atoms with van der Waals surface area (Å²) in [6.07, 6.45) is 2.31. The fourth-order valence-corrected chi connectivity index (χ4v) is 6.52. The topological polar surface area (TPSA) is 94.3 Å². The molecule has 0 aliphatic carbocycles. The number of para-hydroxylation sites is 2. The minimum Gasteiger partial charge on any atom is -0.361 e. The van der Waals surface area contributed by atoms with Gasteiger partial charge in [0.1, 0.15) is 11.4 Å². The predicted octanol–water partition coefficient (Wildman–Crippen LogP) is 4.13. The first-order chi connectivity index (χ1) is 17.9. The van der Waals surface area contributed by atoms with Crippen molar-refractivity contribution in [1.29, 1.82) is 0 Å². The van der Waals surface area contributed by atoms with Gasteiger partial charge in [-0.15, -0.1) is 0 Å². The number of aromatic amines is 1. The van der Waals surface area contributed by atoms with Crippen LogP contribution in [0.2, 0.25) is 5.02 Å². The van der Waals surface area contributed by atoms with E-state index < -0.39 is 41.0 Å². The minimum absolute atomic E-state index is 0.184. The summed E-state index contributed by atoms with van der Waals surface area (Å²) in [6.45, 7) is 0. The van der Waals surface area contributed by atoms with Gasteiger partial charge in [0.05, 0.1) is 22.5 Å². The number of imide groups is 1. The number of amides is 3. The fourth-order valence-electron chi connectivity index (χ4n) is 6.35. The third kappa shape index (κ3) is 2.94. The maximum absolute atomic E-state index is 14.0. The maximum atomic E-state index is 14.0. The number of carbonyl (C=O) groups is 3. The number of hydrogen-bond donors (Lipinski definition) is 3. The quantitative estimate of drug-likeness (QED) is 0.358. The zero-order valence-electron chi connectivity index (χ0n) is 19.3. The summed E-state index contributed by atoms with van der Waals surface area (Å²) >= 11 is 5.99. The molecule has 3 aliphatic rings. The number of H-pyrrole nitrogens is 1. The van der Waals surface area contributed by atoms with E-state index in [-0.39, 0.29) is 16.6 Å². The van der Waals surface area contributed by atoms with Crippen LogP contribution in [0.4, 0.5) is 15.8 Å². The summed E-state index contributed by atoms with van der Waals surface area (Å²) in [7, 11) is 0. The Kier molecular flexibility index (Phi) is 4.65. The Balaban J connectivity index is 1.38. The molecule has 9 heteroatoms. The highest BCUT2D eigenvalue weighted by molar-refractivity contribution is 6.32. The molecular formula is C28H20ClFN4O3. The molecule has 3 aromatic carbocycles. The molecule has 1 spiro atoms. The summed E-state index contributed by atoms with van der Waals surface area (Å²) in [5.41, 5.74) is 1.94. The second-order valence-corrected chi connectivity index (χ2v) is 10.1. The lowest BCUT2D eigenvalue weighted by Crippen LogP contribution is -2.53. The number of hydrogen-bond acceptors (Lipinski definition) is 4. The van der Waals surface area contributed by atoms with Crippen LogP contribution in [0.15, 0.2) is 72.9 Å². The van der Waals surface area contributed by atoms with Crippen molar-refractivity contribution < 1.29 is 18.8 Å². The summed E-state index contributed by atoms with van der Waals surface area (Å²) in [4.78, 5) is 45.9. The molecule has 2 fully saturated rings. The van der Waals surface area contributed by atoms with Gasteiger partial charge in [-0.1, -0.05) is 48.0 Å². The first-order valence-corrected chi connectivity index (χ1v) is 12.3. The lowest BCUT2D eigenvalue weighted by molar-refractivity contribution is -0.130. The molecule has 4 heterocycles. The van der Waals surface area contributed by atoms with Crippen LogP contribution in [-0.2, 0) is 26.3 Å². The fraction of sp³-hybridized carbons (Fsp3) is 0.179. The van der Waals surface area contributed by atoms with E-state index >= 15 is 0 Å². The molecule has 0 bridgehead atoms. The Morgan fingerprint density at radius 3 is 2.59 bits per heavy atom. The third-order valence-electron chi connectivity index (χ3n) is 7.90. The molecule has 3 N–H and O–H groups in total. The molecule has 0 unspecified atom stereocenters. The number of anilines is 2. The molecule has 1 aromatic heterocycles. The number of nitrogens with zero attached hydrogens (tertiary/aromatic N) is 1. The van der Waals surface area contributed by atoms with Gasteiger partial charge in [-0.05, 0) is 42.3 Å². The molecule has 37 heavy (non-hydrogen) atoms. The third-order valence-corrected chi connectivity index (χ3v) is 8.19. The largest absolute Gasteiger partial charge is 0.361 e.